The maximum Gasteiger partial charge on any atom is 0.339 e. The Kier molecular flexibility index (Phi) is 8.51. The molecule has 1 aromatic carbocycles. The third kappa shape index (κ3) is 6.63. The molecule has 0 bridgehead atoms. The van der Waals surface area contributed by atoms with E-state index in [0.29, 0.717) is 12.4 Å². The highest BCUT2D eigenvalue weighted by Gasteiger charge is 2.10. The second-order valence-corrected chi connectivity index (χ2v) is 5.20. The predicted octanol–water partition coefficient (Wildman–Crippen LogP) is 3.67. The average Bonchev–Trinajstić information content (AvgIpc) is 2.49. The molecule has 0 saturated carbocycles. The molecule has 0 atom stereocenters. The van der Waals surface area contributed by atoms with Crippen molar-refractivity contribution in [1.29, 1.82) is 0 Å². The minimum Gasteiger partial charge on any atom is -0.491 e. The highest BCUT2D eigenvalue weighted by Crippen LogP contribution is 2.17. The van der Waals surface area contributed by atoms with E-state index in [2.05, 4.69) is 18.7 Å². The molecule has 118 valence electrons. The van der Waals surface area contributed by atoms with Crippen molar-refractivity contribution in [3.8, 4) is 5.75 Å². The normalized spacial score (nSPS) is 10.8. The van der Waals surface area contributed by atoms with Gasteiger partial charge in [0.2, 0.25) is 0 Å². The van der Waals surface area contributed by atoms with Crippen LogP contribution in [0, 0.1) is 0 Å². The molecule has 0 saturated heterocycles. The van der Waals surface area contributed by atoms with Gasteiger partial charge in [0.1, 0.15) is 17.9 Å². The molecule has 1 rings (SSSR count). The van der Waals surface area contributed by atoms with Crippen molar-refractivity contribution < 1.29 is 14.6 Å². The first-order chi connectivity index (χ1) is 10.2. The van der Waals surface area contributed by atoms with Gasteiger partial charge in [-0.15, -0.1) is 0 Å². The van der Waals surface area contributed by atoms with Gasteiger partial charge in [-0.2, -0.15) is 0 Å². The van der Waals surface area contributed by atoms with Gasteiger partial charge in [-0.25, -0.2) is 4.79 Å². The molecule has 0 radical (unpaired) electrons. The summed E-state index contributed by atoms with van der Waals surface area (Å²) < 4.78 is 5.67. The SMILES string of the molecule is CCCCN(CCCC)CCOc1ccccc1C(=O)O. The van der Waals surface area contributed by atoms with Crippen LogP contribution in [-0.4, -0.2) is 42.2 Å². The molecule has 0 spiro atoms. The van der Waals surface area contributed by atoms with Crippen molar-refractivity contribution in [2.24, 2.45) is 0 Å². The Balaban J connectivity index is 2.47. The fourth-order valence-corrected chi connectivity index (χ4v) is 2.15. The minimum atomic E-state index is -0.945. The van der Waals surface area contributed by atoms with E-state index in [1.54, 1.807) is 24.3 Å². The first kappa shape index (κ1) is 17.5. The van der Waals surface area contributed by atoms with Crippen LogP contribution in [0.1, 0.15) is 49.9 Å². The van der Waals surface area contributed by atoms with Crippen LogP contribution >= 0.6 is 0 Å². The molecule has 4 nitrogen and oxygen atoms in total. The van der Waals surface area contributed by atoms with E-state index in [1.807, 2.05) is 0 Å². The van der Waals surface area contributed by atoms with Gasteiger partial charge in [-0.05, 0) is 38.1 Å². The van der Waals surface area contributed by atoms with Crippen molar-refractivity contribution in [2.45, 2.75) is 39.5 Å². The molecule has 0 fully saturated rings. The lowest BCUT2D eigenvalue weighted by Crippen LogP contribution is -2.30. The fourth-order valence-electron chi connectivity index (χ4n) is 2.15. The molecule has 1 N–H and O–H groups in total. The van der Waals surface area contributed by atoms with Gasteiger partial charge in [-0.3, -0.25) is 4.90 Å². The van der Waals surface area contributed by atoms with E-state index in [0.717, 1.165) is 19.6 Å². The van der Waals surface area contributed by atoms with Crippen molar-refractivity contribution in [3.63, 3.8) is 0 Å². The quantitative estimate of drug-likeness (QED) is 0.676. The molecule has 0 amide bonds. The lowest BCUT2D eigenvalue weighted by molar-refractivity contribution is 0.0691. The minimum absolute atomic E-state index is 0.228. The number of hydrogen-bond donors (Lipinski definition) is 1. The molecule has 0 aromatic heterocycles. The van der Waals surface area contributed by atoms with Gasteiger partial charge in [-0.1, -0.05) is 38.8 Å². The second kappa shape index (κ2) is 10.2. The Bertz CT molecular complexity index is 412. The van der Waals surface area contributed by atoms with Crippen LogP contribution in [0.15, 0.2) is 24.3 Å². The second-order valence-electron chi connectivity index (χ2n) is 5.20. The predicted molar refractivity (Wildman–Crippen MR) is 85.2 cm³/mol. The Labute approximate surface area is 127 Å². The van der Waals surface area contributed by atoms with Crippen molar-refractivity contribution in [3.05, 3.63) is 29.8 Å². The van der Waals surface area contributed by atoms with Crippen LogP contribution in [0.5, 0.6) is 5.75 Å². The molecule has 21 heavy (non-hydrogen) atoms. The van der Waals surface area contributed by atoms with Gasteiger partial charge >= 0.3 is 5.97 Å². The Morgan fingerprint density at radius 1 is 1.10 bits per heavy atom. The number of nitrogens with zero attached hydrogens (tertiary/aromatic N) is 1. The standard InChI is InChI=1S/C17H27NO3/c1-3-5-11-18(12-6-4-2)13-14-21-16-10-8-7-9-15(16)17(19)20/h7-10H,3-6,11-14H2,1-2H3,(H,19,20). The molecule has 1 aromatic rings. The van der Waals surface area contributed by atoms with Crippen LogP contribution in [0.4, 0.5) is 0 Å². The molecule has 0 unspecified atom stereocenters. The summed E-state index contributed by atoms with van der Waals surface area (Å²) in [5, 5.41) is 9.12. The van der Waals surface area contributed by atoms with E-state index < -0.39 is 5.97 Å². The number of benzene rings is 1. The van der Waals surface area contributed by atoms with Crippen LogP contribution < -0.4 is 4.74 Å². The molecular formula is C17H27NO3. The average molecular weight is 293 g/mol. The summed E-state index contributed by atoms with van der Waals surface area (Å²) in [5.41, 5.74) is 0.228. The number of para-hydroxylation sites is 1. The summed E-state index contributed by atoms with van der Waals surface area (Å²) in [7, 11) is 0. The Morgan fingerprint density at radius 3 is 2.29 bits per heavy atom. The number of carboxylic acids is 1. The third-order valence-electron chi connectivity index (χ3n) is 3.44. The molecule has 0 aliphatic heterocycles. The number of carboxylic acid groups (broad SMARTS) is 1. The lowest BCUT2D eigenvalue weighted by Gasteiger charge is -2.22. The zero-order chi connectivity index (χ0) is 15.5. The van der Waals surface area contributed by atoms with Crippen molar-refractivity contribution >= 4 is 5.97 Å². The molecule has 0 aliphatic rings. The monoisotopic (exact) mass is 293 g/mol. The highest BCUT2D eigenvalue weighted by atomic mass is 16.5. The summed E-state index contributed by atoms with van der Waals surface area (Å²) in [6.07, 6.45) is 4.75. The number of carbonyl (C=O) groups is 1. The molecule has 0 aliphatic carbocycles. The number of ether oxygens (including phenoxy) is 1. The van der Waals surface area contributed by atoms with Gasteiger partial charge in [0, 0.05) is 6.54 Å². The van der Waals surface area contributed by atoms with Gasteiger partial charge in [0.25, 0.3) is 0 Å². The largest absolute Gasteiger partial charge is 0.491 e. The van der Waals surface area contributed by atoms with E-state index in [9.17, 15) is 4.79 Å². The molecule has 4 heteroatoms. The zero-order valence-corrected chi connectivity index (χ0v) is 13.2. The van der Waals surface area contributed by atoms with Crippen LogP contribution in [0.25, 0.3) is 0 Å². The van der Waals surface area contributed by atoms with Crippen LogP contribution in [0.3, 0.4) is 0 Å². The maximum atomic E-state index is 11.1. The zero-order valence-electron chi connectivity index (χ0n) is 13.2. The summed E-state index contributed by atoms with van der Waals surface area (Å²) in [6, 6.07) is 6.80. The van der Waals surface area contributed by atoms with Gasteiger partial charge in [0.15, 0.2) is 0 Å². The summed E-state index contributed by atoms with van der Waals surface area (Å²) in [4.78, 5) is 13.5. The van der Waals surface area contributed by atoms with Crippen molar-refractivity contribution in [2.75, 3.05) is 26.2 Å². The van der Waals surface area contributed by atoms with Crippen LogP contribution in [0.2, 0.25) is 0 Å². The van der Waals surface area contributed by atoms with Crippen LogP contribution in [-0.2, 0) is 0 Å². The first-order valence-corrected chi connectivity index (χ1v) is 7.86. The highest BCUT2D eigenvalue weighted by molar-refractivity contribution is 5.90. The lowest BCUT2D eigenvalue weighted by atomic mass is 10.2. The first-order valence-electron chi connectivity index (χ1n) is 7.86. The summed E-state index contributed by atoms with van der Waals surface area (Å²) >= 11 is 0. The molecular weight excluding hydrogens is 266 g/mol. The maximum absolute atomic E-state index is 11.1. The third-order valence-corrected chi connectivity index (χ3v) is 3.44. The Hall–Kier alpha value is -1.55. The van der Waals surface area contributed by atoms with Gasteiger partial charge in [0.05, 0.1) is 0 Å². The van der Waals surface area contributed by atoms with Gasteiger partial charge < -0.3 is 9.84 Å². The summed E-state index contributed by atoms with van der Waals surface area (Å²) in [6.45, 7) is 7.92. The Morgan fingerprint density at radius 2 is 1.71 bits per heavy atom. The number of aromatic carboxylic acids is 1. The fraction of sp³-hybridized carbons (Fsp3) is 0.588. The smallest absolute Gasteiger partial charge is 0.339 e. The van der Waals surface area contributed by atoms with Crippen molar-refractivity contribution in [1.82, 2.24) is 4.90 Å². The number of hydrogen-bond acceptors (Lipinski definition) is 3. The molecule has 0 heterocycles. The number of rotatable bonds is 11. The van der Waals surface area contributed by atoms with E-state index in [1.165, 1.54) is 25.7 Å². The summed E-state index contributed by atoms with van der Waals surface area (Å²) in [5.74, 6) is -0.490. The van der Waals surface area contributed by atoms with E-state index in [4.69, 9.17) is 9.84 Å². The number of unbranched alkanes of at least 4 members (excludes halogenated alkanes) is 2. The van der Waals surface area contributed by atoms with E-state index in [-0.39, 0.29) is 5.56 Å². The topological polar surface area (TPSA) is 49.8 Å². The van der Waals surface area contributed by atoms with E-state index >= 15 is 0 Å².